The van der Waals surface area contributed by atoms with Crippen LogP contribution in [-0.2, 0) is 6.42 Å². The van der Waals surface area contributed by atoms with E-state index in [9.17, 15) is 5.11 Å². The SMILES string of the molecule is OC(Cc1ccc(Cl)s1)c1cc(Cl)c2c(c1)OCCO2. The third-order valence-corrected chi connectivity index (χ3v) is 4.56. The largest absolute Gasteiger partial charge is 0.486 e. The molecular weight excluding hydrogens is 319 g/mol. The van der Waals surface area contributed by atoms with Crippen molar-refractivity contribution in [2.24, 2.45) is 0 Å². The van der Waals surface area contributed by atoms with E-state index in [0.717, 1.165) is 4.88 Å². The molecule has 2 aromatic rings. The van der Waals surface area contributed by atoms with E-state index in [4.69, 9.17) is 32.7 Å². The van der Waals surface area contributed by atoms with Gasteiger partial charge < -0.3 is 14.6 Å². The third-order valence-electron chi connectivity index (χ3n) is 3.03. The first kappa shape index (κ1) is 14.0. The second-order valence-electron chi connectivity index (χ2n) is 4.45. The molecule has 3 rings (SSSR count). The van der Waals surface area contributed by atoms with Crippen LogP contribution in [0.5, 0.6) is 11.5 Å². The Labute approximate surface area is 130 Å². The highest BCUT2D eigenvalue weighted by Crippen LogP contribution is 2.40. The predicted octanol–water partition coefficient (Wildman–Crippen LogP) is 4.10. The lowest BCUT2D eigenvalue weighted by atomic mass is 10.0. The molecule has 20 heavy (non-hydrogen) atoms. The molecule has 0 radical (unpaired) electrons. The number of aliphatic hydroxyl groups is 1. The molecule has 3 nitrogen and oxygen atoms in total. The zero-order valence-corrected chi connectivity index (χ0v) is 12.8. The van der Waals surface area contributed by atoms with Gasteiger partial charge in [-0.05, 0) is 29.8 Å². The highest BCUT2D eigenvalue weighted by atomic mass is 35.5. The second-order valence-corrected chi connectivity index (χ2v) is 6.66. The highest BCUT2D eigenvalue weighted by molar-refractivity contribution is 7.16. The van der Waals surface area contributed by atoms with Crippen molar-refractivity contribution in [1.82, 2.24) is 0 Å². The number of thiophene rings is 1. The Kier molecular flexibility index (Phi) is 4.08. The summed E-state index contributed by atoms with van der Waals surface area (Å²) in [6.07, 6.45) is -0.161. The maximum atomic E-state index is 10.3. The molecule has 0 saturated carbocycles. The van der Waals surface area contributed by atoms with Crippen molar-refractivity contribution in [3.8, 4) is 11.5 Å². The monoisotopic (exact) mass is 330 g/mol. The van der Waals surface area contributed by atoms with Crippen molar-refractivity contribution in [2.75, 3.05) is 13.2 Å². The lowest BCUT2D eigenvalue weighted by Crippen LogP contribution is -2.16. The van der Waals surface area contributed by atoms with Gasteiger partial charge in [0.25, 0.3) is 0 Å². The van der Waals surface area contributed by atoms with Crippen molar-refractivity contribution in [3.63, 3.8) is 0 Å². The molecule has 6 heteroatoms. The van der Waals surface area contributed by atoms with Crippen molar-refractivity contribution in [3.05, 3.63) is 44.1 Å². The molecule has 106 valence electrons. The minimum absolute atomic E-state index is 0.459. The maximum absolute atomic E-state index is 10.3. The van der Waals surface area contributed by atoms with Gasteiger partial charge in [0.2, 0.25) is 0 Å². The Morgan fingerprint density at radius 2 is 2.00 bits per heavy atom. The molecule has 1 atom stereocenters. The van der Waals surface area contributed by atoms with Crippen LogP contribution in [0.25, 0.3) is 0 Å². The van der Waals surface area contributed by atoms with E-state index in [2.05, 4.69) is 0 Å². The van der Waals surface area contributed by atoms with Gasteiger partial charge in [0, 0.05) is 11.3 Å². The lowest BCUT2D eigenvalue weighted by molar-refractivity contribution is 0.165. The van der Waals surface area contributed by atoms with E-state index >= 15 is 0 Å². The average molecular weight is 331 g/mol. The Balaban J connectivity index is 1.84. The molecule has 0 bridgehead atoms. The molecule has 0 aliphatic carbocycles. The number of fused-ring (bicyclic) bond motifs is 1. The van der Waals surface area contributed by atoms with Crippen LogP contribution in [-0.4, -0.2) is 18.3 Å². The van der Waals surface area contributed by atoms with Crippen LogP contribution in [0.2, 0.25) is 9.36 Å². The molecule has 1 aliphatic heterocycles. The van der Waals surface area contributed by atoms with Gasteiger partial charge in [0.05, 0.1) is 15.5 Å². The molecule has 1 unspecified atom stereocenters. The fourth-order valence-electron chi connectivity index (χ4n) is 2.09. The minimum Gasteiger partial charge on any atom is -0.486 e. The molecule has 1 aliphatic rings. The van der Waals surface area contributed by atoms with Gasteiger partial charge in [-0.15, -0.1) is 11.3 Å². The number of ether oxygens (including phenoxy) is 2. The van der Waals surface area contributed by atoms with Crippen LogP contribution < -0.4 is 9.47 Å². The summed E-state index contributed by atoms with van der Waals surface area (Å²) in [5, 5.41) is 10.8. The van der Waals surface area contributed by atoms with E-state index in [1.807, 2.05) is 12.1 Å². The van der Waals surface area contributed by atoms with Crippen molar-refractivity contribution in [2.45, 2.75) is 12.5 Å². The van der Waals surface area contributed by atoms with Gasteiger partial charge in [-0.3, -0.25) is 0 Å². The zero-order chi connectivity index (χ0) is 14.1. The molecule has 0 spiro atoms. The van der Waals surface area contributed by atoms with Crippen LogP contribution in [0.1, 0.15) is 16.5 Å². The van der Waals surface area contributed by atoms with E-state index < -0.39 is 6.10 Å². The number of aliphatic hydroxyl groups excluding tert-OH is 1. The van der Waals surface area contributed by atoms with Gasteiger partial charge in [0.15, 0.2) is 11.5 Å². The average Bonchev–Trinajstić information content (AvgIpc) is 2.84. The topological polar surface area (TPSA) is 38.7 Å². The standard InChI is InChI=1S/C14H12Cl2O3S/c15-10-5-8(6-12-14(10)19-4-3-18-12)11(17)7-9-1-2-13(16)20-9/h1-2,5-6,11,17H,3-4,7H2. The van der Waals surface area contributed by atoms with Gasteiger partial charge in [-0.1, -0.05) is 23.2 Å². The fraction of sp³-hybridized carbons (Fsp3) is 0.286. The molecule has 2 heterocycles. The van der Waals surface area contributed by atoms with Gasteiger partial charge >= 0.3 is 0 Å². The summed E-state index contributed by atoms with van der Waals surface area (Å²) in [6, 6.07) is 7.23. The predicted molar refractivity (Wildman–Crippen MR) is 80.4 cm³/mol. The zero-order valence-electron chi connectivity index (χ0n) is 10.4. The minimum atomic E-state index is -0.655. The van der Waals surface area contributed by atoms with Gasteiger partial charge in [0.1, 0.15) is 13.2 Å². The normalized spacial score (nSPS) is 15.2. The first-order valence-electron chi connectivity index (χ1n) is 6.15. The van der Waals surface area contributed by atoms with Crippen LogP contribution in [0, 0.1) is 0 Å². The molecule has 0 saturated heterocycles. The van der Waals surface area contributed by atoms with Gasteiger partial charge in [-0.2, -0.15) is 0 Å². The van der Waals surface area contributed by atoms with E-state index in [-0.39, 0.29) is 0 Å². The molecular formula is C14H12Cl2O3S. The summed E-state index contributed by atoms with van der Waals surface area (Å²) in [6.45, 7) is 0.978. The number of hydrogen-bond acceptors (Lipinski definition) is 4. The van der Waals surface area contributed by atoms with Crippen LogP contribution in [0.4, 0.5) is 0 Å². The number of halogens is 2. The quantitative estimate of drug-likeness (QED) is 0.920. The van der Waals surface area contributed by atoms with Crippen molar-refractivity contribution < 1.29 is 14.6 Å². The molecule has 0 amide bonds. The summed E-state index contributed by atoms with van der Waals surface area (Å²) in [5.41, 5.74) is 0.712. The Morgan fingerprint density at radius 3 is 2.75 bits per heavy atom. The number of benzene rings is 1. The van der Waals surface area contributed by atoms with Crippen molar-refractivity contribution >= 4 is 34.5 Å². The summed E-state index contributed by atoms with van der Waals surface area (Å²) >= 11 is 13.5. The first-order valence-corrected chi connectivity index (χ1v) is 7.72. The molecule has 1 aromatic carbocycles. The van der Waals surface area contributed by atoms with Crippen molar-refractivity contribution in [1.29, 1.82) is 0 Å². The summed E-state index contributed by atoms with van der Waals surface area (Å²) in [4.78, 5) is 1.02. The third kappa shape index (κ3) is 2.88. The summed E-state index contributed by atoms with van der Waals surface area (Å²) < 4.78 is 11.7. The van der Waals surface area contributed by atoms with E-state index in [1.54, 1.807) is 12.1 Å². The lowest BCUT2D eigenvalue weighted by Gasteiger charge is -2.21. The number of rotatable bonds is 3. The maximum Gasteiger partial charge on any atom is 0.179 e. The number of hydrogen-bond donors (Lipinski definition) is 1. The second kappa shape index (κ2) is 5.82. The van der Waals surface area contributed by atoms with E-state index in [0.29, 0.717) is 46.1 Å². The summed E-state index contributed by atoms with van der Waals surface area (Å²) in [7, 11) is 0. The van der Waals surface area contributed by atoms with Crippen LogP contribution >= 0.6 is 34.5 Å². The smallest absolute Gasteiger partial charge is 0.179 e. The molecule has 1 N–H and O–H groups in total. The first-order chi connectivity index (χ1) is 9.63. The van der Waals surface area contributed by atoms with Crippen LogP contribution in [0.3, 0.4) is 0 Å². The highest BCUT2D eigenvalue weighted by Gasteiger charge is 2.20. The van der Waals surface area contributed by atoms with Crippen LogP contribution in [0.15, 0.2) is 24.3 Å². The Morgan fingerprint density at radius 1 is 1.20 bits per heavy atom. The Bertz CT molecular complexity index is 627. The van der Waals surface area contributed by atoms with E-state index in [1.165, 1.54) is 11.3 Å². The molecule has 1 aromatic heterocycles. The Hall–Kier alpha value is -0.940. The summed E-state index contributed by atoms with van der Waals surface area (Å²) in [5.74, 6) is 1.13. The van der Waals surface area contributed by atoms with Gasteiger partial charge in [-0.25, -0.2) is 0 Å². The molecule has 0 fully saturated rings. The fourth-order valence-corrected chi connectivity index (χ4v) is 3.49.